The molecule has 7 nitrogen and oxygen atoms in total. The van der Waals surface area contributed by atoms with Crippen LogP contribution in [0, 0.1) is 5.82 Å². The molecule has 0 atom stereocenters. The molecule has 0 spiro atoms. The third-order valence-corrected chi connectivity index (χ3v) is 5.50. The molecule has 1 aromatic carbocycles. The number of aromatic amines is 1. The Morgan fingerprint density at radius 3 is 2.46 bits per heavy atom. The average Bonchev–Trinajstić information content (AvgIpc) is 3.09. The number of H-pyrrole nitrogens is 1. The standard InChI is InChI=1S/C15H17FN4O3S/c16-11-1-3-13(4-2-11)24(22,23)19-12-6-9-20(10-7-12)15(21)14-5-8-17-18-14/h1-5,8,12,19H,6-7,9-10H2,(H,17,18). The van der Waals surface area contributed by atoms with Crippen LogP contribution in [0.5, 0.6) is 0 Å². The highest BCUT2D eigenvalue weighted by Crippen LogP contribution is 2.16. The first-order valence-electron chi connectivity index (χ1n) is 7.52. The molecule has 2 N–H and O–H groups in total. The molecule has 1 amide bonds. The summed E-state index contributed by atoms with van der Waals surface area (Å²) in [6.07, 6.45) is 2.54. The lowest BCUT2D eigenvalue weighted by molar-refractivity contribution is 0.0705. The summed E-state index contributed by atoms with van der Waals surface area (Å²) in [6.45, 7) is 0.906. The van der Waals surface area contributed by atoms with Gasteiger partial charge < -0.3 is 4.90 Å². The van der Waals surface area contributed by atoms with Gasteiger partial charge in [0.15, 0.2) is 0 Å². The van der Waals surface area contributed by atoms with Gasteiger partial charge in [0.25, 0.3) is 5.91 Å². The quantitative estimate of drug-likeness (QED) is 0.862. The number of carbonyl (C=O) groups excluding carboxylic acids is 1. The Hall–Kier alpha value is -2.26. The minimum absolute atomic E-state index is 0.0277. The third-order valence-electron chi connectivity index (χ3n) is 3.96. The van der Waals surface area contributed by atoms with E-state index in [1.54, 1.807) is 11.0 Å². The fraction of sp³-hybridized carbons (Fsp3) is 0.333. The maximum absolute atomic E-state index is 12.9. The maximum Gasteiger partial charge on any atom is 0.271 e. The molecule has 2 aromatic rings. The van der Waals surface area contributed by atoms with Crippen LogP contribution < -0.4 is 4.72 Å². The smallest absolute Gasteiger partial charge is 0.271 e. The molecule has 0 unspecified atom stereocenters. The van der Waals surface area contributed by atoms with Gasteiger partial charge in [-0.05, 0) is 43.2 Å². The Labute approximate surface area is 138 Å². The summed E-state index contributed by atoms with van der Waals surface area (Å²) in [7, 11) is -3.69. The largest absolute Gasteiger partial charge is 0.337 e. The molecule has 3 rings (SSSR count). The summed E-state index contributed by atoms with van der Waals surface area (Å²) in [5.41, 5.74) is 0.417. The number of halogens is 1. The van der Waals surface area contributed by atoms with Crippen molar-refractivity contribution in [2.75, 3.05) is 13.1 Å². The second-order valence-electron chi connectivity index (χ2n) is 5.61. The van der Waals surface area contributed by atoms with Crippen LogP contribution in [0.3, 0.4) is 0 Å². The highest BCUT2D eigenvalue weighted by molar-refractivity contribution is 7.89. The van der Waals surface area contributed by atoms with Gasteiger partial charge in [0.2, 0.25) is 10.0 Å². The van der Waals surface area contributed by atoms with Crippen LogP contribution in [-0.2, 0) is 10.0 Å². The van der Waals surface area contributed by atoms with Gasteiger partial charge in [-0.25, -0.2) is 17.5 Å². The SMILES string of the molecule is O=C(c1ccn[nH]1)N1CCC(NS(=O)(=O)c2ccc(F)cc2)CC1. The van der Waals surface area contributed by atoms with Crippen molar-refractivity contribution in [2.24, 2.45) is 0 Å². The molecule has 1 fully saturated rings. The van der Waals surface area contributed by atoms with Crippen LogP contribution in [0.15, 0.2) is 41.4 Å². The van der Waals surface area contributed by atoms with Crippen LogP contribution in [0.4, 0.5) is 4.39 Å². The molecule has 1 aliphatic heterocycles. The van der Waals surface area contributed by atoms with Crippen molar-refractivity contribution in [1.82, 2.24) is 19.8 Å². The third kappa shape index (κ3) is 3.62. The van der Waals surface area contributed by atoms with E-state index >= 15 is 0 Å². The second kappa shape index (κ2) is 6.70. The molecule has 0 radical (unpaired) electrons. The fourth-order valence-corrected chi connectivity index (χ4v) is 3.95. The minimum atomic E-state index is -3.69. The van der Waals surface area contributed by atoms with E-state index in [1.807, 2.05) is 0 Å². The molecule has 2 heterocycles. The normalized spacial score (nSPS) is 16.3. The first-order valence-corrected chi connectivity index (χ1v) is 9.00. The number of hydrogen-bond donors (Lipinski definition) is 2. The predicted octanol–water partition coefficient (Wildman–Crippen LogP) is 1.13. The number of sulfonamides is 1. The van der Waals surface area contributed by atoms with Gasteiger partial charge in [0.05, 0.1) is 4.90 Å². The van der Waals surface area contributed by atoms with Gasteiger partial charge >= 0.3 is 0 Å². The van der Waals surface area contributed by atoms with E-state index in [0.29, 0.717) is 31.6 Å². The Balaban J connectivity index is 1.59. The lowest BCUT2D eigenvalue weighted by atomic mass is 10.1. The van der Waals surface area contributed by atoms with Gasteiger partial charge in [-0.3, -0.25) is 9.89 Å². The first kappa shape index (κ1) is 16.6. The van der Waals surface area contributed by atoms with Crippen molar-refractivity contribution in [3.05, 3.63) is 48.0 Å². The molecule has 0 aliphatic carbocycles. The van der Waals surface area contributed by atoms with Crippen molar-refractivity contribution < 1.29 is 17.6 Å². The Kier molecular flexibility index (Phi) is 4.63. The number of amides is 1. The highest BCUT2D eigenvalue weighted by Gasteiger charge is 2.27. The van der Waals surface area contributed by atoms with Crippen LogP contribution in [-0.4, -0.2) is 48.6 Å². The van der Waals surface area contributed by atoms with Crippen LogP contribution in [0.25, 0.3) is 0 Å². The topological polar surface area (TPSA) is 95.2 Å². The number of piperidine rings is 1. The van der Waals surface area contributed by atoms with Crippen LogP contribution >= 0.6 is 0 Å². The zero-order chi connectivity index (χ0) is 17.2. The summed E-state index contributed by atoms with van der Waals surface area (Å²) in [5, 5.41) is 6.38. The van der Waals surface area contributed by atoms with Crippen LogP contribution in [0.2, 0.25) is 0 Å². The Morgan fingerprint density at radius 1 is 1.21 bits per heavy atom. The number of likely N-dealkylation sites (tertiary alicyclic amines) is 1. The van der Waals surface area contributed by atoms with Crippen molar-refractivity contribution in [2.45, 2.75) is 23.8 Å². The number of carbonyl (C=O) groups is 1. The average molecular weight is 352 g/mol. The van der Waals surface area contributed by atoms with E-state index in [-0.39, 0.29) is 16.8 Å². The molecule has 1 saturated heterocycles. The molecule has 0 saturated carbocycles. The van der Waals surface area contributed by atoms with Gasteiger partial charge in [-0.15, -0.1) is 0 Å². The van der Waals surface area contributed by atoms with Gasteiger partial charge in [0.1, 0.15) is 11.5 Å². The molecular weight excluding hydrogens is 335 g/mol. The molecular formula is C15H17FN4O3S. The fourth-order valence-electron chi connectivity index (χ4n) is 2.65. The van der Waals surface area contributed by atoms with E-state index in [1.165, 1.54) is 18.3 Å². The maximum atomic E-state index is 12.9. The summed E-state index contributed by atoms with van der Waals surface area (Å²) in [4.78, 5) is 13.9. The zero-order valence-electron chi connectivity index (χ0n) is 12.8. The predicted molar refractivity (Wildman–Crippen MR) is 84.2 cm³/mol. The van der Waals surface area contributed by atoms with E-state index in [4.69, 9.17) is 0 Å². The number of hydrogen-bond acceptors (Lipinski definition) is 4. The van der Waals surface area contributed by atoms with Gasteiger partial charge in [-0.2, -0.15) is 5.10 Å². The number of aromatic nitrogens is 2. The number of nitrogens with zero attached hydrogens (tertiary/aromatic N) is 2. The number of benzene rings is 1. The molecule has 1 aromatic heterocycles. The number of nitrogens with one attached hydrogen (secondary N) is 2. The molecule has 128 valence electrons. The molecule has 1 aliphatic rings. The molecule has 24 heavy (non-hydrogen) atoms. The minimum Gasteiger partial charge on any atom is -0.337 e. The highest BCUT2D eigenvalue weighted by atomic mass is 32.2. The summed E-state index contributed by atoms with van der Waals surface area (Å²) in [6, 6.07) is 6.03. The van der Waals surface area contributed by atoms with E-state index in [2.05, 4.69) is 14.9 Å². The van der Waals surface area contributed by atoms with E-state index in [9.17, 15) is 17.6 Å². The number of rotatable bonds is 4. The monoisotopic (exact) mass is 352 g/mol. The second-order valence-corrected chi connectivity index (χ2v) is 7.33. The van der Waals surface area contributed by atoms with Gasteiger partial charge in [0, 0.05) is 25.3 Å². The van der Waals surface area contributed by atoms with E-state index < -0.39 is 15.8 Å². The molecule has 9 heteroatoms. The summed E-state index contributed by atoms with van der Waals surface area (Å²) >= 11 is 0. The lowest BCUT2D eigenvalue weighted by Crippen LogP contribution is -2.46. The Morgan fingerprint density at radius 2 is 1.88 bits per heavy atom. The van der Waals surface area contributed by atoms with Crippen molar-refractivity contribution >= 4 is 15.9 Å². The first-order chi connectivity index (χ1) is 11.5. The summed E-state index contributed by atoms with van der Waals surface area (Å²) in [5.74, 6) is -0.632. The van der Waals surface area contributed by atoms with Crippen molar-refractivity contribution in [3.63, 3.8) is 0 Å². The van der Waals surface area contributed by atoms with Crippen LogP contribution in [0.1, 0.15) is 23.3 Å². The van der Waals surface area contributed by atoms with Crippen molar-refractivity contribution in [3.8, 4) is 0 Å². The van der Waals surface area contributed by atoms with Crippen molar-refractivity contribution in [1.29, 1.82) is 0 Å². The van der Waals surface area contributed by atoms with Gasteiger partial charge in [-0.1, -0.05) is 0 Å². The summed E-state index contributed by atoms with van der Waals surface area (Å²) < 4.78 is 40.1. The van der Waals surface area contributed by atoms with E-state index in [0.717, 1.165) is 12.1 Å². The lowest BCUT2D eigenvalue weighted by Gasteiger charge is -2.31. The zero-order valence-corrected chi connectivity index (χ0v) is 13.6. The molecule has 0 bridgehead atoms. The Bertz CT molecular complexity index is 798.